The van der Waals surface area contributed by atoms with Crippen molar-refractivity contribution in [2.75, 3.05) is 6.54 Å². The van der Waals surface area contributed by atoms with Gasteiger partial charge < -0.3 is 9.32 Å². The first-order valence-corrected chi connectivity index (χ1v) is 12.4. The van der Waals surface area contributed by atoms with Gasteiger partial charge in [-0.15, -0.1) is 21.5 Å². The molecule has 1 aliphatic heterocycles. The van der Waals surface area contributed by atoms with E-state index in [9.17, 15) is 4.79 Å². The fourth-order valence-electron chi connectivity index (χ4n) is 3.79. The molecule has 9 heteroatoms. The van der Waals surface area contributed by atoms with Gasteiger partial charge in [0, 0.05) is 28.6 Å². The highest BCUT2D eigenvalue weighted by molar-refractivity contribution is 8.00. The zero-order valence-electron chi connectivity index (χ0n) is 17.4. The van der Waals surface area contributed by atoms with E-state index in [1.165, 1.54) is 22.2 Å². The molecular formula is C23H21ClN4O2S2. The number of rotatable bonds is 6. The van der Waals surface area contributed by atoms with Crippen molar-refractivity contribution in [2.24, 2.45) is 0 Å². The first kappa shape index (κ1) is 21.3. The van der Waals surface area contributed by atoms with Crippen molar-refractivity contribution < 1.29 is 9.21 Å². The number of carbonyl (C=O) groups excluding carboxylic acids is 1. The van der Waals surface area contributed by atoms with Crippen LogP contribution in [0, 0.1) is 0 Å². The molecule has 4 aromatic rings. The van der Waals surface area contributed by atoms with E-state index >= 15 is 0 Å². The van der Waals surface area contributed by atoms with Gasteiger partial charge >= 0.3 is 0 Å². The lowest BCUT2D eigenvalue weighted by atomic mass is 10.1. The largest absolute Gasteiger partial charge is 0.467 e. The van der Waals surface area contributed by atoms with Crippen molar-refractivity contribution in [1.82, 2.24) is 19.7 Å². The summed E-state index contributed by atoms with van der Waals surface area (Å²) in [5.74, 6) is 1.62. The third-order valence-electron chi connectivity index (χ3n) is 5.46. The van der Waals surface area contributed by atoms with Crippen LogP contribution in [0.15, 0.2) is 63.7 Å². The van der Waals surface area contributed by atoms with Crippen LogP contribution in [-0.4, -0.2) is 37.4 Å². The molecule has 1 amide bonds. The molecule has 3 aromatic heterocycles. The molecule has 0 bridgehead atoms. The number of benzene rings is 1. The maximum absolute atomic E-state index is 13.2. The van der Waals surface area contributed by atoms with Crippen molar-refractivity contribution >= 4 is 40.6 Å². The number of carbonyl (C=O) groups is 1. The van der Waals surface area contributed by atoms with Crippen molar-refractivity contribution in [3.63, 3.8) is 0 Å². The van der Waals surface area contributed by atoms with Gasteiger partial charge in [0.25, 0.3) is 0 Å². The molecule has 1 unspecified atom stereocenters. The van der Waals surface area contributed by atoms with Crippen molar-refractivity contribution in [3.05, 3.63) is 75.3 Å². The zero-order valence-corrected chi connectivity index (χ0v) is 19.8. The number of aromatic nitrogens is 3. The van der Waals surface area contributed by atoms with Gasteiger partial charge in [-0.05, 0) is 66.8 Å². The van der Waals surface area contributed by atoms with Crippen LogP contribution < -0.4 is 0 Å². The topological polar surface area (TPSA) is 64.2 Å². The van der Waals surface area contributed by atoms with Crippen LogP contribution in [0.3, 0.4) is 0 Å². The van der Waals surface area contributed by atoms with E-state index in [0.29, 0.717) is 29.1 Å². The van der Waals surface area contributed by atoms with Gasteiger partial charge in [0.15, 0.2) is 11.0 Å². The number of hydrogen-bond donors (Lipinski definition) is 0. The number of furan rings is 1. The molecule has 1 aromatic carbocycles. The number of fused-ring (bicyclic) bond motifs is 1. The summed E-state index contributed by atoms with van der Waals surface area (Å²) in [5.41, 5.74) is 2.16. The van der Waals surface area contributed by atoms with Gasteiger partial charge in [0.2, 0.25) is 5.91 Å². The average Bonchev–Trinajstić information content (AvgIpc) is 3.56. The molecule has 1 aliphatic rings. The number of thiophene rings is 1. The summed E-state index contributed by atoms with van der Waals surface area (Å²) < 4.78 is 7.55. The normalized spacial score (nSPS) is 14.4. The Morgan fingerprint density at radius 2 is 2.09 bits per heavy atom. The average molecular weight is 485 g/mol. The Bertz CT molecular complexity index is 1220. The highest BCUT2D eigenvalue weighted by Crippen LogP contribution is 2.31. The van der Waals surface area contributed by atoms with Crippen LogP contribution in [0.25, 0.3) is 11.4 Å². The summed E-state index contributed by atoms with van der Waals surface area (Å²) in [7, 11) is 0. The summed E-state index contributed by atoms with van der Waals surface area (Å²) in [5, 5.41) is 12.0. The second-order valence-corrected chi connectivity index (χ2v) is 10.4. The second kappa shape index (κ2) is 9.13. The molecule has 32 heavy (non-hydrogen) atoms. The van der Waals surface area contributed by atoms with E-state index in [1.54, 1.807) is 17.6 Å². The molecular weight excluding hydrogens is 464 g/mol. The first-order chi connectivity index (χ1) is 15.6. The van der Waals surface area contributed by atoms with Crippen molar-refractivity contribution in [1.29, 1.82) is 0 Å². The van der Waals surface area contributed by atoms with Crippen LogP contribution >= 0.6 is 34.7 Å². The predicted octanol–water partition coefficient (Wildman–Crippen LogP) is 5.37. The lowest BCUT2D eigenvalue weighted by molar-refractivity contribution is -0.131. The number of amides is 1. The molecule has 0 saturated carbocycles. The van der Waals surface area contributed by atoms with Crippen molar-refractivity contribution in [2.45, 2.75) is 36.8 Å². The minimum Gasteiger partial charge on any atom is -0.467 e. The van der Waals surface area contributed by atoms with Crippen molar-refractivity contribution in [3.8, 4) is 11.4 Å². The Morgan fingerprint density at radius 3 is 2.88 bits per heavy atom. The van der Waals surface area contributed by atoms with Gasteiger partial charge in [-0.1, -0.05) is 23.4 Å². The van der Waals surface area contributed by atoms with E-state index in [1.807, 2.05) is 52.8 Å². The molecule has 5 rings (SSSR count). The van der Waals surface area contributed by atoms with Gasteiger partial charge in [-0.2, -0.15) is 0 Å². The van der Waals surface area contributed by atoms with Crippen LogP contribution in [0.1, 0.15) is 23.1 Å². The number of thioether (sulfide) groups is 1. The summed E-state index contributed by atoms with van der Waals surface area (Å²) >= 11 is 9.26. The fraction of sp³-hybridized carbons (Fsp3) is 0.261. The molecule has 0 fully saturated rings. The molecule has 4 heterocycles. The van der Waals surface area contributed by atoms with Gasteiger partial charge in [0.1, 0.15) is 5.76 Å². The smallest absolute Gasteiger partial charge is 0.236 e. The lowest BCUT2D eigenvalue weighted by Crippen LogP contribution is -2.39. The standard InChI is InChI=1S/C23H21ClN4O2S2/c1-15(22(29)27-10-8-20-17(13-27)9-12-31-20)32-23-26-25-21(16-4-6-18(24)7-5-16)28(23)14-19-3-2-11-30-19/h2-7,9,11-12,15H,8,10,13-14H2,1H3. The first-order valence-electron chi connectivity index (χ1n) is 10.3. The Balaban J connectivity index is 1.39. The summed E-state index contributed by atoms with van der Waals surface area (Å²) in [6, 6.07) is 13.4. The Kier molecular flexibility index (Phi) is 6.08. The molecule has 6 nitrogen and oxygen atoms in total. The van der Waals surface area contributed by atoms with Crippen LogP contribution in [0.5, 0.6) is 0 Å². The Hall–Kier alpha value is -2.55. The molecule has 0 saturated heterocycles. The summed E-state index contributed by atoms with van der Waals surface area (Å²) in [6.07, 6.45) is 2.57. The highest BCUT2D eigenvalue weighted by Gasteiger charge is 2.28. The predicted molar refractivity (Wildman–Crippen MR) is 127 cm³/mol. The number of nitrogens with zero attached hydrogens (tertiary/aromatic N) is 4. The Morgan fingerprint density at radius 1 is 1.25 bits per heavy atom. The number of hydrogen-bond acceptors (Lipinski definition) is 6. The third-order valence-corrected chi connectivity index (χ3v) is 7.81. The van der Waals surface area contributed by atoms with E-state index in [0.717, 1.165) is 24.3 Å². The summed E-state index contributed by atoms with van der Waals surface area (Å²) in [6.45, 7) is 3.84. The minimum absolute atomic E-state index is 0.118. The molecule has 1 atom stereocenters. The van der Waals surface area contributed by atoms with E-state index < -0.39 is 0 Å². The van der Waals surface area contributed by atoms with Crippen LogP contribution in [0.4, 0.5) is 0 Å². The molecule has 164 valence electrons. The van der Waals surface area contributed by atoms with E-state index in [4.69, 9.17) is 16.0 Å². The maximum atomic E-state index is 13.2. The van der Waals surface area contributed by atoms with Gasteiger partial charge in [-0.3, -0.25) is 9.36 Å². The third kappa shape index (κ3) is 4.35. The fourth-order valence-corrected chi connectivity index (χ4v) is 5.74. The van der Waals surface area contributed by atoms with Crippen LogP contribution in [0.2, 0.25) is 5.02 Å². The SMILES string of the molecule is CC(Sc1nnc(-c2ccc(Cl)cc2)n1Cc1ccco1)C(=O)N1CCc2sccc2C1. The Labute approximate surface area is 199 Å². The monoisotopic (exact) mass is 484 g/mol. The quantitative estimate of drug-likeness (QED) is 0.344. The zero-order chi connectivity index (χ0) is 22.1. The van der Waals surface area contributed by atoms with Gasteiger partial charge in [-0.25, -0.2) is 0 Å². The molecule has 0 aliphatic carbocycles. The van der Waals surface area contributed by atoms with E-state index in [-0.39, 0.29) is 11.2 Å². The van der Waals surface area contributed by atoms with Gasteiger partial charge in [0.05, 0.1) is 18.1 Å². The van der Waals surface area contributed by atoms with E-state index in [2.05, 4.69) is 21.6 Å². The molecule has 0 radical (unpaired) electrons. The molecule has 0 spiro atoms. The minimum atomic E-state index is -0.284. The van der Waals surface area contributed by atoms with Crippen LogP contribution in [-0.2, 0) is 24.3 Å². The summed E-state index contributed by atoms with van der Waals surface area (Å²) in [4.78, 5) is 16.5. The molecule has 0 N–H and O–H groups in total. The maximum Gasteiger partial charge on any atom is 0.236 e. The lowest BCUT2D eigenvalue weighted by Gasteiger charge is -2.29. The highest BCUT2D eigenvalue weighted by atomic mass is 35.5. The second-order valence-electron chi connectivity index (χ2n) is 7.62. The number of halogens is 1.